The summed E-state index contributed by atoms with van der Waals surface area (Å²) in [6.45, 7) is 0.152. The highest BCUT2D eigenvalue weighted by Gasteiger charge is 2.41. The number of aliphatic hydroxyl groups is 6. The van der Waals surface area contributed by atoms with Crippen molar-refractivity contribution < 1.29 is 59.1 Å². The van der Waals surface area contributed by atoms with E-state index in [9.17, 15) is 30.6 Å². The molecule has 9 rings (SSSR count). The Kier molecular flexibility index (Phi) is 10.7. The van der Waals surface area contributed by atoms with Gasteiger partial charge in [-0.1, -0.05) is 0 Å². The maximum atomic E-state index is 10.6. The van der Waals surface area contributed by atoms with Crippen molar-refractivity contribution in [2.24, 2.45) is 17.8 Å². The van der Waals surface area contributed by atoms with Crippen LogP contribution in [0.15, 0.2) is 0 Å². The number of hydrogen-bond donors (Lipinski definition) is 6. The molecule has 9 saturated heterocycles. The molecule has 210 valence electrons. The lowest BCUT2D eigenvalue weighted by Gasteiger charge is -2.40. The monoisotopic (exact) mass is 522 g/mol. The molecule has 0 radical (unpaired) electrons. The maximum Gasteiger partial charge on any atom is 0.107 e. The molecule has 9 heterocycles. The SMILES string of the molecule is OCC1OC2COCC3CC(O)C(COCC4CC(O)C(COCC1CC2O)OC4CO)OC3CO. The topological polar surface area (TPSA) is 177 Å². The van der Waals surface area contributed by atoms with Crippen molar-refractivity contribution in [2.45, 2.75) is 74.2 Å². The Hall–Kier alpha value is -0.480. The minimum Gasteiger partial charge on any atom is -0.394 e. The van der Waals surface area contributed by atoms with E-state index in [-0.39, 0.29) is 77.2 Å². The van der Waals surface area contributed by atoms with Crippen LogP contribution in [0.2, 0.25) is 0 Å². The van der Waals surface area contributed by atoms with Crippen LogP contribution in [0.1, 0.15) is 19.3 Å². The van der Waals surface area contributed by atoms with E-state index in [0.717, 1.165) is 0 Å². The summed E-state index contributed by atoms with van der Waals surface area (Å²) >= 11 is 0. The zero-order valence-corrected chi connectivity index (χ0v) is 20.5. The van der Waals surface area contributed by atoms with Gasteiger partial charge < -0.3 is 59.1 Å². The lowest BCUT2D eigenvalue weighted by Crippen LogP contribution is -2.51. The molecule has 0 aromatic rings. The maximum absolute atomic E-state index is 10.6. The first-order valence-electron chi connectivity index (χ1n) is 13.0. The number of rotatable bonds is 3. The van der Waals surface area contributed by atoms with E-state index in [4.69, 9.17) is 28.4 Å². The molecule has 12 unspecified atom stereocenters. The van der Waals surface area contributed by atoms with Crippen molar-refractivity contribution in [2.75, 3.05) is 59.5 Å². The summed E-state index contributed by atoms with van der Waals surface area (Å²) < 4.78 is 35.2. The molecular weight excluding hydrogens is 480 g/mol. The van der Waals surface area contributed by atoms with Crippen molar-refractivity contribution in [1.82, 2.24) is 0 Å². The normalized spacial score (nSPS) is 47.5. The Labute approximate surface area is 211 Å². The molecule has 36 heavy (non-hydrogen) atoms. The van der Waals surface area contributed by atoms with Crippen LogP contribution in [0, 0.1) is 17.8 Å². The summed E-state index contributed by atoms with van der Waals surface area (Å²) in [6.07, 6.45) is -5.00. The molecule has 9 fully saturated rings. The Morgan fingerprint density at radius 2 is 0.722 bits per heavy atom. The molecular formula is C24H42O12. The molecule has 12 heteroatoms. The molecule has 12 nitrogen and oxygen atoms in total. The first-order valence-corrected chi connectivity index (χ1v) is 13.0. The van der Waals surface area contributed by atoms with Crippen LogP contribution in [0.4, 0.5) is 0 Å². The minimum atomic E-state index is -0.824. The van der Waals surface area contributed by atoms with E-state index in [1.54, 1.807) is 0 Å². The summed E-state index contributed by atoms with van der Waals surface area (Å²) in [5, 5.41) is 61.5. The van der Waals surface area contributed by atoms with Gasteiger partial charge in [0, 0.05) is 17.8 Å². The van der Waals surface area contributed by atoms with Gasteiger partial charge in [0.05, 0.1) is 96.1 Å². The number of ether oxygens (including phenoxy) is 6. The fourth-order valence-electron chi connectivity index (χ4n) is 5.68. The smallest absolute Gasteiger partial charge is 0.107 e. The molecule has 0 spiro atoms. The van der Waals surface area contributed by atoms with E-state index in [2.05, 4.69) is 0 Å². The standard InChI is InChI=1S/C24H42O12/c25-4-19-13-1-16(28)22(34-19)10-32-8-14-2-18(30)24(36-20(14)5-26)12-33-9-15-3-17(29)23(11-31-7-13)35-21(15)6-27/h13-30H,1-12H2. The zero-order chi connectivity index (χ0) is 25.7. The van der Waals surface area contributed by atoms with Crippen LogP contribution < -0.4 is 0 Å². The highest BCUT2D eigenvalue weighted by Crippen LogP contribution is 2.31. The van der Waals surface area contributed by atoms with Gasteiger partial charge in [0.1, 0.15) is 18.3 Å². The molecule has 6 N–H and O–H groups in total. The lowest BCUT2D eigenvalue weighted by molar-refractivity contribution is -0.201. The van der Waals surface area contributed by atoms with E-state index in [1.165, 1.54) is 0 Å². The number of aliphatic hydroxyl groups excluding tert-OH is 6. The summed E-state index contributed by atoms with van der Waals surface area (Å²) in [5.74, 6) is -0.782. The van der Waals surface area contributed by atoms with Crippen LogP contribution in [-0.4, -0.2) is 145 Å². The van der Waals surface area contributed by atoms with Crippen molar-refractivity contribution >= 4 is 0 Å². The second kappa shape index (κ2) is 13.5. The zero-order valence-electron chi connectivity index (χ0n) is 20.5. The van der Waals surface area contributed by atoms with E-state index in [0.29, 0.717) is 19.3 Å². The molecule has 12 atom stereocenters. The van der Waals surface area contributed by atoms with Crippen molar-refractivity contribution in [3.05, 3.63) is 0 Å². The molecule has 0 saturated carbocycles. The highest BCUT2D eigenvalue weighted by atomic mass is 16.6. The third-order valence-electron chi connectivity index (χ3n) is 7.93. The average Bonchev–Trinajstić information content (AvgIpc) is 2.87. The van der Waals surface area contributed by atoms with E-state index in [1.807, 2.05) is 0 Å². The third kappa shape index (κ3) is 6.93. The van der Waals surface area contributed by atoms with Gasteiger partial charge in [-0.3, -0.25) is 0 Å². The highest BCUT2D eigenvalue weighted by molar-refractivity contribution is 4.89. The molecule has 9 aliphatic heterocycles. The van der Waals surface area contributed by atoms with E-state index < -0.39 is 54.9 Å². The number of hydrogen-bond acceptors (Lipinski definition) is 12. The summed E-state index contributed by atoms with van der Waals surface area (Å²) in [6, 6.07) is 0. The van der Waals surface area contributed by atoms with Gasteiger partial charge >= 0.3 is 0 Å². The first kappa shape index (κ1) is 28.5. The van der Waals surface area contributed by atoms with Gasteiger partial charge in [-0.15, -0.1) is 0 Å². The quantitative estimate of drug-likeness (QED) is 0.229. The average molecular weight is 523 g/mol. The van der Waals surface area contributed by atoms with Gasteiger partial charge in [0.2, 0.25) is 0 Å². The predicted molar refractivity (Wildman–Crippen MR) is 122 cm³/mol. The molecule has 0 aromatic carbocycles. The molecule has 0 amide bonds. The minimum absolute atomic E-state index is 0.0918. The largest absolute Gasteiger partial charge is 0.394 e. The van der Waals surface area contributed by atoms with Gasteiger partial charge in [0.15, 0.2) is 0 Å². The summed E-state index contributed by atoms with van der Waals surface area (Å²) in [5.41, 5.74) is 0. The molecule has 6 bridgehead atoms. The second-order valence-corrected chi connectivity index (χ2v) is 10.5. The van der Waals surface area contributed by atoms with Crippen molar-refractivity contribution in [3.8, 4) is 0 Å². The Morgan fingerprint density at radius 3 is 0.972 bits per heavy atom. The molecule has 9 aliphatic rings. The van der Waals surface area contributed by atoms with Crippen LogP contribution in [0.3, 0.4) is 0 Å². The van der Waals surface area contributed by atoms with Gasteiger partial charge in [0.25, 0.3) is 0 Å². The Bertz CT molecular complexity index is 569. The third-order valence-corrected chi connectivity index (χ3v) is 7.93. The Morgan fingerprint density at radius 1 is 0.444 bits per heavy atom. The van der Waals surface area contributed by atoms with Crippen LogP contribution in [0.5, 0.6) is 0 Å². The van der Waals surface area contributed by atoms with Crippen LogP contribution >= 0.6 is 0 Å². The Balaban J connectivity index is 1.47. The van der Waals surface area contributed by atoms with Crippen molar-refractivity contribution in [1.29, 1.82) is 0 Å². The molecule has 0 aromatic heterocycles. The van der Waals surface area contributed by atoms with E-state index >= 15 is 0 Å². The van der Waals surface area contributed by atoms with Crippen LogP contribution in [-0.2, 0) is 28.4 Å². The van der Waals surface area contributed by atoms with Crippen LogP contribution in [0.25, 0.3) is 0 Å². The van der Waals surface area contributed by atoms with Gasteiger partial charge in [-0.25, -0.2) is 0 Å². The lowest BCUT2D eigenvalue weighted by atomic mass is 9.90. The first-order chi connectivity index (χ1) is 17.4. The van der Waals surface area contributed by atoms with Gasteiger partial charge in [-0.2, -0.15) is 0 Å². The predicted octanol–water partition coefficient (Wildman–Crippen LogP) is -2.57. The van der Waals surface area contributed by atoms with Crippen molar-refractivity contribution in [3.63, 3.8) is 0 Å². The fraction of sp³-hybridized carbons (Fsp3) is 1.00. The molecule has 0 aliphatic carbocycles. The van der Waals surface area contributed by atoms with Gasteiger partial charge in [-0.05, 0) is 19.3 Å². The summed E-state index contributed by atoms with van der Waals surface area (Å²) in [7, 11) is 0. The second-order valence-electron chi connectivity index (χ2n) is 10.5. The summed E-state index contributed by atoms with van der Waals surface area (Å²) in [4.78, 5) is 0. The fourth-order valence-corrected chi connectivity index (χ4v) is 5.68.